The van der Waals surface area contributed by atoms with Crippen LogP contribution in [-0.2, 0) is 14.3 Å². The zero-order valence-electron chi connectivity index (χ0n) is 14.2. The third kappa shape index (κ3) is 3.36. The van der Waals surface area contributed by atoms with Crippen LogP contribution in [-0.4, -0.2) is 42.0 Å². The van der Waals surface area contributed by atoms with Gasteiger partial charge in [-0.2, -0.15) is 0 Å². The first-order chi connectivity index (χ1) is 12.5. The second kappa shape index (κ2) is 7.72. The van der Waals surface area contributed by atoms with Gasteiger partial charge in [-0.3, -0.25) is 9.59 Å². The van der Waals surface area contributed by atoms with E-state index in [1.807, 2.05) is 6.07 Å². The number of methoxy groups -OCH3 is 1. The van der Waals surface area contributed by atoms with Gasteiger partial charge in [0.1, 0.15) is 5.76 Å². The molecule has 1 aliphatic heterocycles. The van der Waals surface area contributed by atoms with Gasteiger partial charge < -0.3 is 14.7 Å². The highest BCUT2D eigenvalue weighted by Crippen LogP contribution is 2.39. The van der Waals surface area contributed by atoms with E-state index in [4.69, 9.17) is 16.3 Å². The molecular formula is C20H18ClNO4. The lowest BCUT2D eigenvalue weighted by Gasteiger charge is -2.25. The van der Waals surface area contributed by atoms with Crippen LogP contribution in [0.3, 0.4) is 0 Å². The summed E-state index contributed by atoms with van der Waals surface area (Å²) in [6, 6.07) is 14.9. The molecule has 5 nitrogen and oxygen atoms in total. The Hall–Kier alpha value is -2.63. The Bertz CT molecular complexity index is 863. The number of nitrogens with zero attached hydrogens (tertiary/aromatic N) is 1. The maximum atomic E-state index is 12.7. The van der Waals surface area contributed by atoms with Crippen molar-refractivity contribution in [2.45, 2.75) is 6.04 Å². The number of amides is 1. The molecule has 1 aliphatic rings. The zero-order chi connectivity index (χ0) is 18.7. The summed E-state index contributed by atoms with van der Waals surface area (Å²) < 4.78 is 5.07. The highest BCUT2D eigenvalue weighted by atomic mass is 35.5. The molecule has 0 unspecified atom stereocenters. The molecule has 3 rings (SSSR count). The first-order valence-corrected chi connectivity index (χ1v) is 8.50. The van der Waals surface area contributed by atoms with Crippen molar-refractivity contribution in [2.75, 3.05) is 20.3 Å². The van der Waals surface area contributed by atoms with Crippen molar-refractivity contribution in [3.8, 4) is 0 Å². The second-order valence-corrected chi connectivity index (χ2v) is 6.34. The number of hydrogen-bond donors (Lipinski definition) is 1. The third-order valence-corrected chi connectivity index (χ3v) is 4.52. The van der Waals surface area contributed by atoms with E-state index in [1.165, 1.54) is 12.0 Å². The second-order valence-electron chi connectivity index (χ2n) is 5.91. The Balaban J connectivity index is 2.16. The number of aliphatic hydroxyl groups is 1. The lowest BCUT2D eigenvalue weighted by molar-refractivity contribution is -0.140. The minimum atomic E-state index is -0.718. The van der Waals surface area contributed by atoms with E-state index in [1.54, 1.807) is 48.5 Å². The Labute approximate surface area is 156 Å². The smallest absolute Gasteiger partial charge is 0.295 e. The quantitative estimate of drug-likeness (QED) is 0.497. The van der Waals surface area contributed by atoms with Crippen LogP contribution in [0.2, 0.25) is 5.02 Å². The maximum Gasteiger partial charge on any atom is 0.295 e. The van der Waals surface area contributed by atoms with Crippen LogP contribution >= 0.6 is 11.6 Å². The van der Waals surface area contributed by atoms with Crippen LogP contribution in [0.25, 0.3) is 5.76 Å². The molecule has 0 bridgehead atoms. The standard InChI is InChI=1S/C20H18ClNO4/c1-26-11-10-22-17(14-8-5-9-15(21)12-14)16(19(24)20(22)25)18(23)13-6-3-2-4-7-13/h2-9,12,17,23H,10-11H2,1H3/b18-16+/t17-/m0/s1. The first kappa shape index (κ1) is 18.2. The number of carbonyl (C=O) groups is 2. The normalized spacial score (nSPS) is 19.2. The van der Waals surface area contributed by atoms with Crippen LogP contribution in [0.4, 0.5) is 0 Å². The van der Waals surface area contributed by atoms with Crippen LogP contribution < -0.4 is 0 Å². The molecule has 2 aromatic carbocycles. The summed E-state index contributed by atoms with van der Waals surface area (Å²) >= 11 is 6.10. The SMILES string of the molecule is COCCN1C(=O)C(=O)/C(=C(/O)c2ccccc2)[C@@H]1c1cccc(Cl)c1. The summed E-state index contributed by atoms with van der Waals surface area (Å²) in [5.74, 6) is -1.58. The van der Waals surface area contributed by atoms with Gasteiger partial charge in [-0.15, -0.1) is 0 Å². The van der Waals surface area contributed by atoms with Gasteiger partial charge in [0, 0.05) is 24.2 Å². The zero-order valence-corrected chi connectivity index (χ0v) is 14.9. The molecule has 6 heteroatoms. The number of ketones is 1. The topological polar surface area (TPSA) is 66.8 Å². The highest BCUT2D eigenvalue weighted by Gasteiger charge is 2.45. The van der Waals surface area contributed by atoms with Crippen LogP contribution in [0.1, 0.15) is 17.2 Å². The van der Waals surface area contributed by atoms with Gasteiger partial charge >= 0.3 is 0 Å². The Morgan fingerprint density at radius 3 is 2.54 bits per heavy atom. The van der Waals surface area contributed by atoms with E-state index in [0.717, 1.165) is 0 Å². The molecule has 0 radical (unpaired) electrons. The molecule has 0 saturated carbocycles. The predicted octanol–water partition coefficient (Wildman–Crippen LogP) is 3.41. The van der Waals surface area contributed by atoms with Crippen LogP contribution in [0.15, 0.2) is 60.2 Å². The summed E-state index contributed by atoms with van der Waals surface area (Å²) in [7, 11) is 1.52. The van der Waals surface area contributed by atoms with Crippen molar-refractivity contribution in [3.63, 3.8) is 0 Å². The molecule has 0 aromatic heterocycles. The number of likely N-dealkylation sites (tertiary alicyclic amines) is 1. The van der Waals surface area contributed by atoms with E-state index in [-0.39, 0.29) is 24.5 Å². The van der Waals surface area contributed by atoms with E-state index in [2.05, 4.69) is 0 Å². The van der Waals surface area contributed by atoms with Gasteiger partial charge in [-0.05, 0) is 17.7 Å². The molecule has 1 amide bonds. The fraction of sp³-hybridized carbons (Fsp3) is 0.200. The molecule has 0 aliphatic carbocycles. The number of benzene rings is 2. The molecule has 134 valence electrons. The van der Waals surface area contributed by atoms with Crippen molar-refractivity contribution in [1.29, 1.82) is 0 Å². The fourth-order valence-electron chi connectivity index (χ4n) is 3.08. The lowest BCUT2D eigenvalue weighted by Crippen LogP contribution is -2.32. The monoisotopic (exact) mass is 371 g/mol. The van der Waals surface area contributed by atoms with E-state index >= 15 is 0 Å². The first-order valence-electron chi connectivity index (χ1n) is 8.13. The minimum absolute atomic E-state index is 0.0552. The van der Waals surface area contributed by atoms with Crippen molar-refractivity contribution in [2.24, 2.45) is 0 Å². The summed E-state index contributed by atoms with van der Waals surface area (Å²) in [4.78, 5) is 26.7. The van der Waals surface area contributed by atoms with Crippen molar-refractivity contribution in [1.82, 2.24) is 4.90 Å². The van der Waals surface area contributed by atoms with Gasteiger partial charge in [0.05, 0.1) is 18.2 Å². The fourth-order valence-corrected chi connectivity index (χ4v) is 3.27. The predicted molar refractivity (Wildman–Crippen MR) is 98.8 cm³/mol. The largest absolute Gasteiger partial charge is 0.507 e. The molecule has 1 fully saturated rings. The van der Waals surface area contributed by atoms with E-state index in [9.17, 15) is 14.7 Å². The maximum absolute atomic E-state index is 12.7. The van der Waals surface area contributed by atoms with Gasteiger partial charge in [-0.25, -0.2) is 0 Å². The van der Waals surface area contributed by atoms with Crippen molar-refractivity contribution in [3.05, 3.63) is 76.3 Å². The lowest BCUT2D eigenvalue weighted by atomic mass is 9.95. The average molecular weight is 372 g/mol. The molecular weight excluding hydrogens is 354 g/mol. The average Bonchev–Trinajstić information content (AvgIpc) is 2.91. The number of rotatable bonds is 5. The van der Waals surface area contributed by atoms with Gasteiger partial charge in [-0.1, -0.05) is 54.1 Å². The Kier molecular flexibility index (Phi) is 5.40. The Morgan fingerprint density at radius 1 is 1.15 bits per heavy atom. The van der Waals surface area contributed by atoms with E-state index in [0.29, 0.717) is 16.1 Å². The summed E-state index contributed by atoms with van der Waals surface area (Å²) in [5, 5.41) is 11.3. The van der Waals surface area contributed by atoms with E-state index < -0.39 is 17.7 Å². The number of carbonyl (C=O) groups excluding carboxylic acids is 2. The number of halogens is 1. The van der Waals surface area contributed by atoms with Crippen LogP contribution in [0, 0.1) is 0 Å². The molecule has 26 heavy (non-hydrogen) atoms. The number of Topliss-reactive ketones (excluding diaryl/α,β-unsaturated/α-hetero) is 1. The van der Waals surface area contributed by atoms with Gasteiger partial charge in [0.2, 0.25) is 0 Å². The number of hydrogen-bond acceptors (Lipinski definition) is 4. The molecule has 1 saturated heterocycles. The highest BCUT2D eigenvalue weighted by molar-refractivity contribution is 6.46. The number of aliphatic hydroxyl groups excluding tert-OH is 1. The third-order valence-electron chi connectivity index (χ3n) is 4.29. The molecule has 0 spiro atoms. The molecule has 1 heterocycles. The summed E-state index contributed by atoms with van der Waals surface area (Å²) in [6.07, 6.45) is 0. The molecule has 1 atom stereocenters. The van der Waals surface area contributed by atoms with Crippen LogP contribution in [0.5, 0.6) is 0 Å². The van der Waals surface area contributed by atoms with Crippen molar-refractivity contribution >= 4 is 29.1 Å². The minimum Gasteiger partial charge on any atom is -0.507 e. The van der Waals surface area contributed by atoms with Gasteiger partial charge in [0.15, 0.2) is 0 Å². The number of ether oxygens (including phenoxy) is 1. The Morgan fingerprint density at radius 2 is 1.88 bits per heavy atom. The summed E-state index contributed by atoms with van der Waals surface area (Å²) in [5.41, 5.74) is 1.19. The molecule has 2 aromatic rings. The van der Waals surface area contributed by atoms with Crippen molar-refractivity contribution < 1.29 is 19.4 Å². The molecule has 1 N–H and O–H groups in total. The summed E-state index contributed by atoms with van der Waals surface area (Å²) in [6.45, 7) is 0.499. The van der Waals surface area contributed by atoms with Gasteiger partial charge in [0.25, 0.3) is 11.7 Å².